The van der Waals surface area contributed by atoms with E-state index in [2.05, 4.69) is 15.5 Å². The van der Waals surface area contributed by atoms with E-state index in [0.29, 0.717) is 24.7 Å². The van der Waals surface area contributed by atoms with Crippen LogP contribution in [0.3, 0.4) is 0 Å². The van der Waals surface area contributed by atoms with Gasteiger partial charge >= 0.3 is 5.69 Å². The van der Waals surface area contributed by atoms with Gasteiger partial charge in [-0.3, -0.25) is 9.36 Å². The summed E-state index contributed by atoms with van der Waals surface area (Å²) in [6.45, 7) is 0.764. The number of sulfonamides is 1. The van der Waals surface area contributed by atoms with Crippen LogP contribution in [0.5, 0.6) is 0 Å². The Morgan fingerprint density at radius 3 is 2.47 bits per heavy atom. The average Bonchev–Trinajstić information content (AvgIpc) is 3.06. The zero-order chi connectivity index (χ0) is 21.6. The van der Waals surface area contributed by atoms with Crippen LogP contribution in [0.15, 0.2) is 69.4 Å². The first-order valence-corrected chi connectivity index (χ1v) is 11.6. The minimum absolute atomic E-state index is 0.0484. The predicted molar refractivity (Wildman–Crippen MR) is 114 cm³/mol. The minimum atomic E-state index is -3.71. The largest absolute Gasteiger partial charge is 0.355 e. The van der Waals surface area contributed by atoms with Gasteiger partial charge in [-0.25, -0.2) is 23.4 Å². The maximum absolute atomic E-state index is 12.1. The van der Waals surface area contributed by atoms with E-state index < -0.39 is 10.0 Å². The molecule has 1 aromatic heterocycles. The number of aromatic amines is 1. The van der Waals surface area contributed by atoms with Crippen molar-refractivity contribution in [3.63, 3.8) is 0 Å². The molecule has 0 unspecified atom stereocenters. The summed E-state index contributed by atoms with van der Waals surface area (Å²) in [4.78, 5) is 24.2. The number of nitrogens with zero attached hydrogens (tertiary/aromatic N) is 2. The highest BCUT2D eigenvalue weighted by molar-refractivity contribution is 7.99. The van der Waals surface area contributed by atoms with Crippen molar-refractivity contribution in [2.24, 2.45) is 5.14 Å². The molecule has 0 fully saturated rings. The third-order valence-corrected chi connectivity index (χ3v) is 6.13. The van der Waals surface area contributed by atoms with Crippen molar-refractivity contribution in [1.29, 1.82) is 0 Å². The molecule has 1 amide bonds. The number of hydrogen-bond donors (Lipinski definition) is 3. The lowest BCUT2D eigenvalue weighted by atomic mass is 10.1. The Labute approximate surface area is 177 Å². The zero-order valence-electron chi connectivity index (χ0n) is 15.9. The van der Waals surface area contributed by atoms with Gasteiger partial charge in [0.1, 0.15) is 0 Å². The van der Waals surface area contributed by atoms with E-state index in [0.717, 1.165) is 11.1 Å². The summed E-state index contributed by atoms with van der Waals surface area (Å²) in [7, 11) is -3.71. The summed E-state index contributed by atoms with van der Waals surface area (Å²) < 4.78 is 24.0. The molecule has 0 saturated heterocycles. The number of carbonyl (C=O) groups is 1. The molecule has 0 aliphatic rings. The van der Waals surface area contributed by atoms with Gasteiger partial charge in [0.15, 0.2) is 5.16 Å². The smallest absolute Gasteiger partial charge is 0.344 e. The van der Waals surface area contributed by atoms with E-state index in [1.807, 2.05) is 30.3 Å². The topological polar surface area (TPSA) is 140 Å². The van der Waals surface area contributed by atoms with Crippen molar-refractivity contribution < 1.29 is 13.2 Å². The van der Waals surface area contributed by atoms with Crippen LogP contribution in [0.1, 0.15) is 11.1 Å². The third-order valence-electron chi connectivity index (χ3n) is 4.23. The number of benzene rings is 2. The van der Waals surface area contributed by atoms with Gasteiger partial charge in [-0.1, -0.05) is 54.2 Å². The van der Waals surface area contributed by atoms with Crippen LogP contribution in [-0.2, 0) is 27.8 Å². The highest BCUT2D eigenvalue weighted by atomic mass is 32.2. The van der Waals surface area contributed by atoms with Gasteiger partial charge in [-0.15, -0.1) is 5.10 Å². The summed E-state index contributed by atoms with van der Waals surface area (Å²) in [5, 5.41) is 14.7. The van der Waals surface area contributed by atoms with Crippen LogP contribution >= 0.6 is 11.8 Å². The lowest BCUT2D eigenvalue weighted by Gasteiger charge is -2.07. The average molecular weight is 448 g/mol. The quantitative estimate of drug-likeness (QED) is 0.413. The summed E-state index contributed by atoms with van der Waals surface area (Å²) in [5.41, 5.74) is 1.50. The molecule has 0 bridgehead atoms. The van der Waals surface area contributed by atoms with E-state index in [9.17, 15) is 18.0 Å². The Bertz CT molecular complexity index is 1160. The van der Waals surface area contributed by atoms with Crippen LogP contribution in [-0.4, -0.2) is 41.4 Å². The Kier molecular flexibility index (Phi) is 7.08. The van der Waals surface area contributed by atoms with E-state index in [1.165, 1.54) is 28.5 Å². The molecule has 0 saturated carbocycles. The number of H-pyrrole nitrogens is 1. The van der Waals surface area contributed by atoms with Crippen molar-refractivity contribution in [2.75, 3.05) is 12.3 Å². The Balaban J connectivity index is 1.48. The highest BCUT2D eigenvalue weighted by Gasteiger charge is 2.12. The lowest BCUT2D eigenvalue weighted by Crippen LogP contribution is -2.27. The number of hydrogen-bond acceptors (Lipinski definition) is 6. The third kappa shape index (κ3) is 6.05. The maximum Gasteiger partial charge on any atom is 0.344 e. The van der Waals surface area contributed by atoms with Gasteiger partial charge in [-0.2, -0.15) is 0 Å². The highest BCUT2D eigenvalue weighted by Crippen LogP contribution is 2.14. The van der Waals surface area contributed by atoms with Gasteiger partial charge in [0, 0.05) is 6.54 Å². The molecule has 1 heterocycles. The van der Waals surface area contributed by atoms with Crippen LogP contribution in [0.4, 0.5) is 0 Å². The van der Waals surface area contributed by atoms with Gasteiger partial charge < -0.3 is 5.32 Å². The van der Waals surface area contributed by atoms with Crippen LogP contribution < -0.4 is 16.1 Å². The number of carbonyl (C=O) groups excluding carboxylic acids is 1. The number of amides is 1. The van der Waals surface area contributed by atoms with Crippen molar-refractivity contribution >= 4 is 27.7 Å². The maximum atomic E-state index is 12.1. The van der Waals surface area contributed by atoms with Gasteiger partial charge in [0.25, 0.3) is 0 Å². The molecule has 4 N–H and O–H groups in total. The van der Waals surface area contributed by atoms with E-state index >= 15 is 0 Å². The lowest BCUT2D eigenvalue weighted by molar-refractivity contribution is -0.118. The minimum Gasteiger partial charge on any atom is -0.355 e. The van der Waals surface area contributed by atoms with Gasteiger partial charge in [0.05, 0.1) is 17.2 Å². The number of aromatic nitrogens is 3. The number of thioether (sulfide) groups is 1. The Morgan fingerprint density at radius 1 is 1.10 bits per heavy atom. The summed E-state index contributed by atoms with van der Waals surface area (Å²) in [5.74, 6) is -0.0773. The molecule has 9 nitrogen and oxygen atoms in total. The fourth-order valence-corrected chi connectivity index (χ4v) is 3.98. The molecule has 0 atom stereocenters. The van der Waals surface area contributed by atoms with Gasteiger partial charge in [0.2, 0.25) is 15.9 Å². The van der Waals surface area contributed by atoms with Crippen LogP contribution in [0, 0.1) is 0 Å². The second kappa shape index (κ2) is 9.74. The Morgan fingerprint density at radius 2 is 1.80 bits per heavy atom. The monoisotopic (exact) mass is 447 g/mol. The molecule has 11 heteroatoms. The van der Waals surface area contributed by atoms with Crippen LogP contribution in [0.2, 0.25) is 0 Å². The second-order valence-electron chi connectivity index (χ2n) is 6.46. The van der Waals surface area contributed by atoms with Crippen LogP contribution in [0.25, 0.3) is 0 Å². The van der Waals surface area contributed by atoms with Crippen molar-refractivity contribution in [3.8, 4) is 0 Å². The zero-order valence-corrected chi connectivity index (χ0v) is 17.6. The van der Waals surface area contributed by atoms with Crippen molar-refractivity contribution in [1.82, 2.24) is 20.1 Å². The standard InChI is InChI=1S/C19H21N5O4S2/c20-30(27,28)16-8-6-14(7-9-16)10-11-21-17(25)13-29-19-23-22-18(26)24(19)12-15-4-2-1-3-5-15/h1-9H,10-13H2,(H,21,25)(H,22,26)(H2,20,27,28). The molecule has 0 spiro atoms. The van der Waals surface area contributed by atoms with E-state index in [4.69, 9.17) is 5.14 Å². The number of primary sulfonamides is 1. The molecule has 0 radical (unpaired) electrons. The molecule has 0 aliphatic carbocycles. The van der Waals surface area contributed by atoms with E-state index in [-0.39, 0.29) is 22.2 Å². The molecule has 3 rings (SSSR count). The molecule has 0 aliphatic heterocycles. The van der Waals surface area contributed by atoms with E-state index in [1.54, 1.807) is 12.1 Å². The molecular formula is C19H21N5O4S2. The summed E-state index contributed by atoms with van der Waals surface area (Å²) in [6.07, 6.45) is 0.544. The normalized spacial score (nSPS) is 11.4. The first-order chi connectivity index (χ1) is 14.3. The SMILES string of the molecule is NS(=O)(=O)c1ccc(CCNC(=O)CSc2n[nH]c(=O)n2Cc2ccccc2)cc1. The second-order valence-corrected chi connectivity index (χ2v) is 8.96. The number of rotatable bonds is 9. The molecule has 30 heavy (non-hydrogen) atoms. The summed E-state index contributed by atoms with van der Waals surface area (Å²) in [6, 6.07) is 15.7. The molecule has 3 aromatic rings. The summed E-state index contributed by atoms with van der Waals surface area (Å²) >= 11 is 1.17. The predicted octanol–water partition coefficient (Wildman–Crippen LogP) is 0.718. The first-order valence-electron chi connectivity index (χ1n) is 9.03. The molecular weight excluding hydrogens is 426 g/mol. The van der Waals surface area contributed by atoms with Crippen molar-refractivity contribution in [2.45, 2.75) is 23.0 Å². The fourth-order valence-electron chi connectivity index (χ4n) is 2.69. The number of nitrogens with two attached hydrogens (primary N) is 1. The first kappa shape index (κ1) is 21.8. The van der Waals surface area contributed by atoms with Gasteiger partial charge in [-0.05, 0) is 29.7 Å². The Hall–Kier alpha value is -2.89. The fraction of sp³-hybridized carbons (Fsp3) is 0.211. The van der Waals surface area contributed by atoms with Crippen molar-refractivity contribution in [3.05, 3.63) is 76.2 Å². The molecule has 158 valence electrons. The molecule has 2 aromatic carbocycles. The number of nitrogens with one attached hydrogen (secondary N) is 2.